The third-order valence-electron chi connectivity index (χ3n) is 2.03. The van der Waals surface area contributed by atoms with Crippen LogP contribution in [0.1, 0.15) is 16.5 Å². The number of hydrogen-bond donors (Lipinski definition) is 2. The molecule has 0 aliphatic heterocycles. The minimum absolute atomic E-state index is 0.396. The van der Waals surface area contributed by atoms with E-state index in [4.69, 9.17) is 4.74 Å². The molecule has 1 aromatic rings. The van der Waals surface area contributed by atoms with E-state index in [2.05, 4.69) is 5.32 Å². The van der Waals surface area contributed by atoms with Gasteiger partial charge in [-0.1, -0.05) is 0 Å². The number of ether oxygens (including phenoxy) is 1. The lowest BCUT2D eigenvalue weighted by molar-refractivity contribution is 0.164. The third-order valence-corrected chi connectivity index (χ3v) is 3.15. The maximum absolute atomic E-state index is 9.80. The van der Waals surface area contributed by atoms with Crippen LogP contribution in [0.4, 0.5) is 0 Å². The monoisotopic (exact) mass is 215 g/mol. The van der Waals surface area contributed by atoms with Gasteiger partial charge < -0.3 is 15.2 Å². The Hall–Kier alpha value is -0.420. The average molecular weight is 215 g/mol. The minimum atomic E-state index is -0.396. The molecule has 0 saturated carbocycles. The van der Waals surface area contributed by atoms with Gasteiger partial charge in [-0.05, 0) is 23.9 Å². The van der Waals surface area contributed by atoms with E-state index < -0.39 is 6.10 Å². The second-order valence-corrected chi connectivity index (χ2v) is 4.13. The SMILES string of the molecule is COCCNCC(O)c1sccc1C. The van der Waals surface area contributed by atoms with Gasteiger partial charge in [-0.15, -0.1) is 11.3 Å². The maximum Gasteiger partial charge on any atom is 0.101 e. The predicted molar refractivity (Wildman–Crippen MR) is 58.8 cm³/mol. The molecule has 1 heterocycles. The Kier molecular flexibility index (Phi) is 5.11. The van der Waals surface area contributed by atoms with Crippen molar-refractivity contribution < 1.29 is 9.84 Å². The topological polar surface area (TPSA) is 41.5 Å². The summed E-state index contributed by atoms with van der Waals surface area (Å²) < 4.78 is 4.90. The van der Waals surface area contributed by atoms with Crippen molar-refractivity contribution in [1.82, 2.24) is 5.32 Å². The molecule has 0 amide bonds. The van der Waals surface area contributed by atoms with Gasteiger partial charge in [-0.25, -0.2) is 0 Å². The third kappa shape index (κ3) is 3.38. The summed E-state index contributed by atoms with van der Waals surface area (Å²) in [5, 5.41) is 14.9. The van der Waals surface area contributed by atoms with Gasteiger partial charge in [-0.2, -0.15) is 0 Å². The number of aliphatic hydroxyl groups excluding tert-OH is 1. The summed E-state index contributed by atoms with van der Waals surface area (Å²) in [4.78, 5) is 1.05. The highest BCUT2D eigenvalue weighted by atomic mass is 32.1. The van der Waals surface area contributed by atoms with Gasteiger partial charge in [0, 0.05) is 25.1 Å². The molecule has 3 nitrogen and oxygen atoms in total. The highest BCUT2D eigenvalue weighted by molar-refractivity contribution is 7.10. The molecular weight excluding hydrogens is 198 g/mol. The van der Waals surface area contributed by atoms with E-state index in [1.165, 1.54) is 0 Å². The fraction of sp³-hybridized carbons (Fsp3) is 0.600. The predicted octanol–water partition coefficient (Wildman–Crippen LogP) is 1.33. The average Bonchev–Trinajstić information content (AvgIpc) is 2.59. The summed E-state index contributed by atoms with van der Waals surface area (Å²) in [6.07, 6.45) is -0.396. The van der Waals surface area contributed by atoms with Crippen LogP contribution in [-0.2, 0) is 4.74 Å². The molecule has 4 heteroatoms. The molecule has 80 valence electrons. The maximum atomic E-state index is 9.80. The fourth-order valence-corrected chi connectivity index (χ4v) is 2.14. The van der Waals surface area contributed by atoms with Crippen LogP contribution in [0.5, 0.6) is 0 Å². The van der Waals surface area contributed by atoms with E-state index in [9.17, 15) is 5.11 Å². The van der Waals surface area contributed by atoms with Gasteiger partial charge in [0.25, 0.3) is 0 Å². The molecule has 1 unspecified atom stereocenters. The summed E-state index contributed by atoms with van der Waals surface area (Å²) in [5.41, 5.74) is 1.16. The quantitative estimate of drug-likeness (QED) is 0.703. The van der Waals surface area contributed by atoms with Crippen molar-refractivity contribution in [2.75, 3.05) is 26.8 Å². The number of methoxy groups -OCH3 is 1. The molecule has 0 bridgehead atoms. The molecule has 0 fully saturated rings. The van der Waals surface area contributed by atoms with Crippen LogP contribution < -0.4 is 5.32 Å². The van der Waals surface area contributed by atoms with Crippen molar-refractivity contribution in [2.45, 2.75) is 13.0 Å². The number of rotatable bonds is 6. The Bertz CT molecular complexity index is 262. The van der Waals surface area contributed by atoms with Crippen molar-refractivity contribution in [3.05, 3.63) is 21.9 Å². The number of thiophene rings is 1. The van der Waals surface area contributed by atoms with Crippen LogP contribution in [-0.4, -0.2) is 31.9 Å². The zero-order chi connectivity index (χ0) is 10.4. The summed E-state index contributed by atoms with van der Waals surface area (Å²) >= 11 is 1.60. The second-order valence-electron chi connectivity index (χ2n) is 3.18. The van der Waals surface area contributed by atoms with Crippen molar-refractivity contribution >= 4 is 11.3 Å². The summed E-state index contributed by atoms with van der Waals surface area (Å²) in [7, 11) is 1.67. The molecule has 0 radical (unpaired) electrons. The van der Waals surface area contributed by atoms with Gasteiger partial charge in [0.05, 0.1) is 6.61 Å². The van der Waals surface area contributed by atoms with E-state index in [0.29, 0.717) is 13.2 Å². The molecule has 1 aromatic heterocycles. The molecule has 0 aromatic carbocycles. The summed E-state index contributed by atoms with van der Waals surface area (Å²) in [6.45, 7) is 4.06. The molecule has 0 aliphatic rings. The smallest absolute Gasteiger partial charge is 0.101 e. The van der Waals surface area contributed by atoms with Crippen molar-refractivity contribution in [1.29, 1.82) is 0 Å². The van der Waals surface area contributed by atoms with Crippen LogP contribution >= 0.6 is 11.3 Å². The second kappa shape index (κ2) is 6.14. The lowest BCUT2D eigenvalue weighted by atomic mass is 10.2. The van der Waals surface area contributed by atoms with E-state index >= 15 is 0 Å². The Morgan fingerprint density at radius 3 is 3.00 bits per heavy atom. The Balaban J connectivity index is 2.28. The van der Waals surface area contributed by atoms with Crippen molar-refractivity contribution in [3.8, 4) is 0 Å². The number of aryl methyl sites for hydroxylation is 1. The minimum Gasteiger partial charge on any atom is -0.386 e. The first-order valence-electron chi connectivity index (χ1n) is 4.67. The first-order valence-corrected chi connectivity index (χ1v) is 5.55. The molecule has 2 N–H and O–H groups in total. The normalized spacial score (nSPS) is 13.1. The van der Waals surface area contributed by atoms with Gasteiger partial charge in [-0.3, -0.25) is 0 Å². The van der Waals surface area contributed by atoms with Crippen LogP contribution in [0.15, 0.2) is 11.4 Å². The van der Waals surface area contributed by atoms with Crippen LogP contribution in [0.2, 0.25) is 0 Å². The zero-order valence-corrected chi connectivity index (χ0v) is 9.43. The molecule has 1 rings (SSSR count). The lowest BCUT2D eigenvalue weighted by Crippen LogP contribution is -2.24. The molecule has 1 atom stereocenters. The van der Waals surface area contributed by atoms with Crippen molar-refractivity contribution in [2.24, 2.45) is 0 Å². The molecule has 14 heavy (non-hydrogen) atoms. The van der Waals surface area contributed by atoms with E-state index in [1.807, 2.05) is 18.4 Å². The standard InChI is InChI=1S/C10H17NO2S/c1-8-3-6-14-10(8)9(12)7-11-4-5-13-2/h3,6,9,11-12H,4-5,7H2,1-2H3. The summed E-state index contributed by atoms with van der Waals surface area (Å²) in [5.74, 6) is 0. The highest BCUT2D eigenvalue weighted by Gasteiger charge is 2.10. The first kappa shape index (κ1) is 11.7. The largest absolute Gasteiger partial charge is 0.386 e. The molecule has 0 aliphatic carbocycles. The zero-order valence-electron chi connectivity index (χ0n) is 8.62. The molecular formula is C10H17NO2S. The number of nitrogens with one attached hydrogen (secondary N) is 1. The van der Waals surface area contributed by atoms with Crippen LogP contribution in [0.25, 0.3) is 0 Å². The Labute approximate surface area is 88.7 Å². The lowest BCUT2D eigenvalue weighted by Gasteiger charge is -2.10. The Morgan fingerprint density at radius 2 is 2.43 bits per heavy atom. The first-order chi connectivity index (χ1) is 6.75. The molecule has 0 spiro atoms. The van der Waals surface area contributed by atoms with Crippen molar-refractivity contribution in [3.63, 3.8) is 0 Å². The summed E-state index contributed by atoms with van der Waals surface area (Å²) in [6, 6.07) is 2.03. The number of hydrogen-bond acceptors (Lipinski definition) is 4. The number of aliphatic hydroxyl groups is 1. The fourth-order valence-electron chi connectivity index (χ4n) is 1.23. The van der Waals surface area contributed by atoms with Crippen LogP contribution in [0, 0.1) is 6.92 Å². The van der Waals surface area contributed by atoms with Gasteiger partial charge in [0.1, 0.15) is 6.10 Å². The van der Waals surface area contributed by atoms with Gasteiger partial charge in [0.2, 0.25) is 0 Å². The van der Waals surface area contributed by atoms with E-state index in [0.717, 1.165) is 17.0 Å². The Morgan fingerprint density at radius 1 is 1.64 bits per heavy atom. The molecule has 0 saturated heterocycles. The highest BCUT2D eigenvalue weighted by Crippen LogP contribution is 2.22. The van der Waals surface area contributed by atoms with Gasteiger partial charge in [0.15, 0.2) is 0 Å². The van der Waals surface area contributed by atoms with E-state index in [-0.39, 0.29) is 0 Å². The van der Waals surface area contributed by atoms with Crippen LogP contribution in [0.3, 0.4) is 0 Å². The van der Waals surface area contributed by atoms with Gasteiger partial charge >= 0.3 is 0 Å². The van der Waals surface area contributed by atoms with E-state index in [1.54, 1.807) is 18.4 Å².